The Morgan fingerprint density at radius 1 is 1.16 bits per heavy atom. The molecule has 168 valence electrons. The van der Waals surface area contributed by atoms with Gasteiger partial charge in [-0.3, -0.25) is 9.89 Å². The number of benzene rings is 1. The molecule has 32 heavy (non-hydrogen) atoms. The normalized spacial score (nSPS) is 17.0. The highest BCUT2D eigenvalue weighted by atomic mass is 19.4. The largest absolute Gasteiger partial charge is 0.451 e. The van der Waals surface area contributed by atoms with Gasteiger partial charge in [-0.15, -0.1) is 10.2 Å². The molecule has 2 aromatic heterocycles. The molecule has 10 nitrogen and oxygen atoms in total. The van der Waals surface area contributed by atoms with Crippen LogP contribution in [0.5, 0.6) is 11.5 Å². The number of nitrogens with one attached hydrogen (secondary N) is 2. The minimum absolute atomic E-state index is 0.146. The van der Waals surface area contributed by atoms with Crippen molar-refractivity contribution in [3.8, 4) is 17.4 Å². The van der Waals surface area contributed by atoms with Crippen LogP contribution in [0.1, 0.15) is 54.4 Å². The fourth-order valence-electron chi connectivity index (χ4n) is 3.80. The third-order valence-corrected chi connectivity index (χ3v) is 5.31. The van der Waals surface area contributed by atoms with E-state index in [0.29, 0.717) is 17.2 Å². The van der Waals surface area contributed by atoms with Crippen LogP contribution >= 0.6 is 0 Å². The van der Waals surface area contributed by atoms with Crippen LogP contribution in [0.2, 0.25) is 0 Å². The molecule has 3 aromatic rings. The number of alkyl halides is 3. The van der Waals surface area contributed by atoms with E-state index in [1.165, 1.54) is 6.92 Å². The molecule has 13 heteroatoms. The maximum absolute atomic E-state index is 12.7. The number of fused-ring (bicyclic) bond motifs is 1. The summed E-state index contributed by atoms with van der Waals surface area (Å²) in [6.45, 7) is 1.47. The summed E-state index contributed by atoms with van der Waals surface area (Å²) in [5.41, 5.74) is 0.441. The van der Waals surface area contributed by atoms with Gasteiger partial charge in [0.05, 0.1) is 0 Å². The zero-order valence-electron chi connectivity index (χ0n) is 16.9. The highest BCUT2D eigenvalue weighted by Gasteiger charge is 2.42. The molecule has 1 spiro atoms. The first kappa shape index (κ1) is 20.3. The lowest BCUT2D eigenvalue weighted by Crippen LogP contribution is -2.40. The minimum atomic E-state index is -4.69. The summed E-state index contributed by atoms with van der Waals surface area (Å²) in [6.07, 6.45) is 0.135. The Labute approximate surface area is 179 Å². The van der Waals surface area contributed by atoms with Gasteiger partial charge in [-0.25, -0.2) is 4.98 Å². The van der Waals surface area contributed by atoms with E-state index in [-0.39, 0.29) is 17.6 Å². The fourth-order valence-corrected chi connectivity index (χ4v) is 3.80. The van der Waals surface area contributed by atoms with Gasteiger partial charge in [0.15, 0.2) is 11.5 Å². The Bertz CT molecular complexity index is 1180. The lowest BCUT2D eigenvalue weighted by molar-refractivity contribution is -0.144. The maximum atomic E-state index is 12.7. The number of hydrogen-bond acceptors (Lipinski definition) is 7. The van der Waals surface area contributed by atoms with Crippen molar-refractivity contribution in [2.75, 3.05) is 5.32 Å². The third kappa shape index (κ3) is 3.63. The summed E-state index contributed by atoms with van der Waals surface area (Å²) >= 11 is 0. The number of aromatic amines is 1. The Kier molecular flexibility index (Phi) is 4.57. The van der Waals surface area contributed by atoms with Crippen LogP contribution in [-0.4, -0.2) is 41.6 Å². The average molecular weight is 449 g/mol. The van der Waals surface area contributed by atoms with Crippen molar-refractivity contribution in [3.63, 3.8) is 0 Å². The van der Waals surface area contributed by atoms with Gasteiger partial charge in [0.2, 0.25) is 11.6 Å². The summed E-state index contributed by atoms with van der Waals surface area (Å²) in [4.78, 5) is 20.0. The van der Waals surface area contributed by atoms with Gasteiger partial charge in [0.1, 0.15) is 5.82 Å². The van der Waals surface area contributed by atoms with E-state index in [1.54, 1.807) is 23.3 Å². The summed E-state index contributed by atoms with van der Waals surface area (Å²) in [5, 5.41) is 11.9. The molecule has 0 bridgehead atoms. The highest BCUT2D eigenvalue weighted by molar-refractivity contribution is 6.01. The average Bonchev–Trinajstić information content (AvgIpc) is 3.44. The first-order valence-electron chi connectivity index (χ1n) is 10.00. The van der Waals surface area contributed by atoms with Crippen LogP contribution in [-0.2, 0) is 6.18 Å². The predicted molar refractivity (Wildman–Crippen MR) is 103 cm³/mol. The van der Waals surface area contributed by atoms with Crippen LogP contribution in [0.25, 0.3) is 5.95 Å². The molecule has 0 unspecified atom stereocenters. The van der Waals surface area contributed by atoms with E-state index in [9.17, 15) is 18.0 Å². The molecule has 2 N–H and O–H groups in total. The molecule has 5 rings (SSSR count). The highest BCUT2D eigenvalue weighted by Crippen LogP contribution is 2.46. The molecule has 2 aliphatic rings. The quantitative estimate of drug-likeness (QED) is 0.629. The van der Waals surface area contributed by atoms with Crippen molar-refractivity contribution < 1.29 is 27.4 Å². The number of carbonyl (C=O) groups excluding carboxylic acids is 1. The zero-order chi connectivity index (χ0) is 22.5. The van der Waals surface area contributed by atoms with Crippen LogP contribution in [0.15, 0.2) is 18.2 Å². The zero-order valence-corrected chi connectivity index (χ0v) is 16.9. The van der Waals surface area contributed by atoms with Gasteiger partial charge in [-0.1, -0.05) is 6.42 Å². The van der Waals surface area contributed by atoms with Gasteiger partial charge in [-0.05, 0) is 31.9 Å². The van der Waals surface area contributed by atoms with Crippen molar-refractivity contribution in [2.45, 2.75) is 51.0 Å². The summed E-state index contributed by atoms with van der Waals surface area (Å²) < 4.78 is 51.2. The molecule has 0 saturated heterocycles. The monoisotopic (exact) mass is 449 g/mol. The number of anilines is 1. The number of carbonyl (C=O) groups is 1. The molecule has 1 amide bonds. The van der Waals surface area contributed by atoms with Crippen LogP contribution in [0.4, 0.5) is 18.9 Å². The van der Waals surface area contributed by atoms with Crippen molar-refractivity contribution in [1.82, 2.24) is 29.9 Å². The maximum Gasteiger partial charge on any atom is 0.451 e. The van der Waals surface area contributed by atoms with Crippen molar-refractivity contribution in [1.29, 1.82) is 0 Å². The Morgan fingerprint density at radius 2 is 1.91 bits per heavy atom. The van der Waals surface area contributed by atoms with Crippen LogP contribution < -0.4 is 14.8 Å². The molecule has 1 aliphatic carbocycles. The Balaban J connectivity index is 1.32. The molecule has 0 radical (unpaired) electrons. The van der Waals surface area contributed by atoms with E-state index < -0.39 is 23.7 Å². The molecule has 0 atom stereocenters. The first-order valence-corrected chi connectivity index (χ1v) is 10.00. The molecule has 1 saturated carbocycles. The molecule has 3 heterocycles. The number of rotatable bonds is 3. The molecular weight excluding hydrogens is 431 g/mol. The molecular formula is C19H18F3N7O3. The summed E-state index contributed by atoms with van der Waals surface area (Å²) in [7, 11) is 0. The van der Waals surface area contributed by atoms with Crippen LogP contribution in [0.3, 0.4) is 0 Å². The standard InChI is InChI=1S/C19H18F3N7O3/c1-10-23-14(28-29(10)17-25-16(26-27-17)19(20,21)22)15(30)24-11-5-6-12-13(9-11)32-18(31-12)7-3-2-4-8-18/h5-6,9H,2-4,7-8H2,1H3,(H,24,30)(H,25,26,27). The fraction of sp³-hybridized carbons (Fsp3) is 0.421. The van der Waals surface area contributed by atoms with Gasteiger partial charge < -0.3 is 14.8 Å². The summed E-state index contributed by atoms with van der Waals surface area (Å²) in [6, 6.07) is 5.04. The van der Waals surface area contributed by atoms with E-state index in [2.05, 4.69) is 25.5 Å². The number of aromatic nitrogens is 6. The van der Waals surface area contributed by atoms with Crippen molar-refractivity contribution >= 4 is 11.6 Å². The lowest BCUT2D eigenvalue weighted by Gasteiger charge is -2.31. The van der Waals surface area contributed by atoms with Gasteiger partial charge in [0, 0.05) is 24.6 Å². The van der Waals surface area contributed by atoms with Crippen LogP contribution in [0, 0.1) is 6.92 Å². The Hall–Kier alpha value is -3.64. The van der Waals surface area contributed by atoms with Gasteiger partial charge in [-0.2, -0.15) is 22.8 Å². The second-order valence-corrected chi connectivity index (χ2v) is 7.67. The SMILES string of the molecule is Cc1nc(C(=O)Nc2ccc3c(c2)OC2(CCCCC2)O3)nn1-c1n[nH]c(C(F)(F)F)n1. The van der Waals surface area contributed by atoms with E-state index in [0.717, 1.165) is 36.8 Å². The molecule has 1 aromatic carbocycles. The van der Waals surface area contributed by atoms with E-state index in [1.807, 2.05) is 0 Å². The topological polar surface area (TPSA) is 120 Å². The lowest BCUT2D eigenvalue weighted by atomic mass is 9.94. The third-order valence-electron chi connectivity index (χ3n) is 5.31. The first-order chi connectivity index (χ1) is 15.2. The second-order valence-electron chi connectivity index (χ2n) is 7.67. The van der Waals surface area contributed by atoms with Gasteiger partial charge >= 0.3 is 6.18 Å². The van der Waals surface area contributed by atoms with Crippen molar-refractivity contribution in [2.24, 2.45) is 0 Å². The van der Waals surface area contributed by atoms with E-state index >= 15 is 0 Å². The number of ether oxygens (including phenoxy) is 2. The van der Waals surface area contributed by atoms with E-state index in [4.69, 9.17) is 9.47 Å². The number of H-pyrrole nitrogens is 1. The summed E-state index contributed by atoms with van der Waals surface area (Å²) in [5.74, 6) is -1.87. The van der Waals surface area contributed by atoms with Gasteiger partial charge in [0.25, 0.3) is 17.6 Å². The van der Waals surface area contributed by atoms with Crippen molar-refractivity contribution in [3.05, 3.63) is 35.7 Å². The Morgan fingerprint density at radius 3 is 2.62 bits per heavy atom. The number of amides is 1. The number of aryl methyl sites for hydroxylation is 1. The number of nitrogens with zero attached hydrogens (tertiary/aromatic N) is 5. The smallest absolute Gasteiger partial charge is 0.448 e. The predicted octanol–water partition coefficient (Wildman–Crippen LogP) is 3.40. The number of hydrogen-bond donors (Lipinski definition) is 2. The minimum Gasteiger partial charge on any atom is -0.448 e. The number of halogens is 3. The molecule has 1 fully saturated rings. The molecule has 1 aliphatic heterocycles. The second kappa shape index (κ2) is 7.21.